The average Bonchev–Trinajstić information content (AvgIpc) is 2.69. The quantitative estimate of drug-likeness (QED) is 0.691. The summed E-state index contributed by atoms with van der Waals surface area (Å²) in [5, 5.41) is 6.41. The van der Waals surface area contributed by atoms with Crippen molar-refractivity contribution in [2.45, 2.75) is 6.54 Å². The maximum Gasteiger partial charge on any atom is 0.254 e. The molecule has 7 heteroatoms. The van der Waals surface area contributed by atoms with Gasteiger partial charge in [-0.2, -0.15) is 0 Å². The summed E-state index contributed by atoms with van der Waals surface area (Å²) in [5.41, 5.74) is 2.05. The molecule has 0 bridgehead atoms. The molecule has 0 unspecified atom stereocenters. The van der Waals surface area contributed by atoms with Crippen LogP contribution < -0.4 is 15.4 Å². The van der Waals surface area contributed by atoms with E-state index in [2.05, 4.69) is 20.6 Å². The number of carbonyl (C=O) groups is 1. The Morgan fingerprint density at radius 3 is 2.42 bits per heavy atom. The lowest BCUT2D eigenvalue weighted by molar-refractivity contribution is 0.0950. The van der Waals surface area contributed by atoms with Gasteiger partial charge in [-0.25, -0.2) is 9.97 Å². The average molecular weight is 369 g/mol. The highest BCUT2D eigenvalue weighted by molar-refractivity contribution is 6.33. The number of nitrogens with zero attached hydrogens (tertiary/aromatic N) is 2. The Kier molecular flexibility index (Phi) is 5.66. The Labute approximate surface area is 156 Å². The van der Waals surface area contributed by atoms with Crippen molar-refractivity contribution >= 4 is 29.1 Å². The molecule has 0 saturated carbocycles. The van der Waals surface area contributed by atoms with Crippen molar-refractivity contribution in [3.8, 4) is 5.75 Å². The fourth-order valence-electron chi connectivity index (χ4n) is 2.22. The summed E-state index contributed by atoms with van der Waals surface area (Å²) in [6, 6.07) is 14.8. The van der Waals surface area contributed by atoms with Crippen LogP contribution in [0.25, 0.3) is 0 Å². The molecule has 1 amide bonds. The molecule has 0 aliphatic rings. The third-order valence-corrected chi connectivity index (χ3v) is 3.98. The molecule has 2 N–H and O–H groups in total. The maximum absolute atomic E-state index is 12.2. The van der Waals surface area contributed by atoms with Crippen molar-refractivity contribution in [2.24, 2.45) is 0 Å². The van der Waals surface area contributed by atoms with E-state index in [9.17, 15) is 4.79 Å². The van der Waals surface area contributed by atoms with Crippen LogP contribution >= 0.6 is 11.6 Å². The number of rotatable bonds is 6. The second-order valence-corrected chi connectivity index (χ2v) is 5.84. The topological polar surface area (TPSA) is 76.1 Å². The molecular formula is C19H17ClN4O2. The first-order valence-corrected chi connectivity index (χ1v) is 8.28. The van der Waals surface area contributed by atoms with Gasteiger partial charge in [0.2, 0.25) is 5.95 Å². The van der Waals surface area contributed by atoms with E-state index in [-0.39, 0.29) is 5.91 Å². The van der Waals surface area contributed by atoms with Gasteiger partial charge in [0.25, 0.3) is 5.91 Å². The third-order valence-electron chi connectivity index (χ3n) is 3.65. The molecule has 0 saturated heterocycles. The molecule has 0 radical (unpaired) electrons. The van der Waals surface area contributed by atoms with E-state index >= 15 is 0 Å². The molecule has 2 aromatic carbocycles. The Bertz CT molecular complexity index is 883. The van der Waals surface area contributed by atoms with Gasteiger partial charge >= 0.3 is 0 Å². The smallest absolute Gasteiger partial charge is 0.254 e. The molecule has 26 heavy (non-hydrogen) atoms. The highest BCUT2D eigenvalue weighted by Crippen LogP contribution is 2.22. The normalized spacial score (nSPS) is 10.2. The van der Waals surface area contributed by atoms with Crippen molar-refractivity contribution in [3.05, 3.63) is 77.1 Å². The third kappa shape index (κ3) is 4.49. The predicted molar refractivity (Wildman–Crippen MR) is 101 cm³/mol. The van der Waals surface area contributed by atoms with Crippen molar-refractivity contribution in [1.29, 1.82) is 0 Å². The zero-order chi connectivity index (χ0) is 18.4. The van der Waals surface area contributed by atoms with Crippen LogP contribution in [0.2, 0.25) is 5.02 Å². The summed E-state index contributed by atoms with van der Waals surface area (Å²) in [4.78, 5) is 20.5. The Hall–Kier alpha value is -3.12. The molecule has 0 aliphatic heterocycles. The number of halogens is 1. The van der Waals surface area contributed by atoms with E-state index in [4.69, 9.17) is 16.3 Å². The molecule has 1 aromatic heterocycles. The molecule has 0 fully saturated rings. The number of benzene rings is 2. The van der Waals surface area contributed by atoms with Crippen LogP contribution in [0, 0.1) is 0 Å². The summed E-state index contributed by atoms with van der Waals surface area (Å²) in [6.07, 6.45) is 2.94. The minimum atomic E-state index is -0.245. The van der Waals surface area contributed by atoms with Gasteiger partial charge < -0.3 is 15.4 Å². The summed E-state index contributed by atoms with van der Waals surface area (Å²) in [7, 11) is 1.61. The second-order valence-electron chi connectivity index (χ2n) is 5.43. The number of nitrogens with one attached hydrogen (secondary N) is 2. The first-order valence-electron chi connectivity index (χ1n) is 7.90. The van der Waals surface area contributed by atoms with Gasteiger partial charge in [-0.05, 0) is 29.8 Å². The monoisotopic (exact) mass is 368 g/mol. The zero-order valence-corrected chi connectivity index (χ0v) is 14.8. The Morgan fingerprint density at radius 2 is 1.77 bits per heavy atom. The fourth-order valence-corrected chi connectivity index (χ4v) is 2.40. The number of para-hydroxylation sites is 1. The van der Waals surface area contributed by atoms with E-state index in [0.717, 1.165) is 11.3 Å². The van der Waals surface area contributed by atoms with E-state index in [1.807, 2.05) is 42.5 Å². The SMILES string of the molecule is COc1ccc(CNC(=O)c2cnc(Nc3ccccc3Cl)nc2)cc1. The minimum absolute atomic E-state index is 0.245. The van der Waals surface area contributed by atoms with E-state index in [0.29, 0.717) is 28.8 Å². The van der Waals surface area contributed by atoms with Gasteiger partial charge in [0.15, 0.2) is 0 Å². The fraction of sp³-hybridized carbons (Fsp3) is 0.105. The molecule has 6 nitrogen and oxygen atoms in total. The van der Waals surface area contributed by atoms with Crippen molar-refractivity contribution in [3.63, 3.8) is 0 Å². The minimum Gasteiger partial charge on any atom is -0.497 e. The van der Waals surface area contributed by atoms with E-state index < -0.39 is 0 Å². The number of anilines is 2. The van der Waals surface area contributed by atoms with Crippen molar-refractivity contribution in [1.82, 2.24) is 15.3 Å². The first-order chi connectivity index (χ1) is 12.7. The van der Waals surface area contributed by atoms with E-state index in [1.54, 1.807) is 13.2 Å². The molecule has 0 spiro atoms. The van der Waals surface area contributed by atoms with Crippen LogP contribution in [0.1, 0.15) is 15.9 Å². The number of methoxy groups -OCH3 is 1. The summed E-state index contributed by atoms with van der Waals surface area (Å²) >= 11 is 6.08. The number of amides is 1. The summed E-state index contributed by atoms with van der Waals surface area (Å²) in [6.45, 7) is 0.405. The first kappa shape index (κ1) is 17.7. The van der Waals surface area contributed by atoms with Gasteiger partial charge in [-0.3, -0.25) is 4.79 Å². The van der Waals surface area contributed by atoms with Gasteiger partial charge in [0, 0.05) is 18.9 Å². The summed E-state index contributed by atoms with van der Waals surface area (Å²) in [5.74, 6) is 0.894. The number of carbonyl (C=O) groups excluding carboxylic acids is 1. The Balaban J connectivity index is 1.58. The largest absolute Gasteiger partial charge is 0.497 e. The van der Waals surface area contributed by atoms with Gasteiger partial charge in [-0.1, -0.05) is 35.9 Å². The highest BCUT2D eigenvalue weighted by atomic mass is 35.5. The van der Waals surface area contributed by atoms with Crippen molar-refractivity contribution in [2.75, 3.05) is 12.4 Å². The van der Waals surface area contributed by atoms with Gasteiger partial charge in [0.05, 0.1) is 23.4 Å². The number of ether oxygens (including phenoxy) is 1. The molecule has 0 aliphatic carbocycles. The zero-order valence-electron chi connectivity index (χ0n) is 14.1. The van der Waals surface area contributed by atoms with Crippen LogP contribution in [0.3, 0.4) is 0 Å². The van der Waals surface area contributed by atoms with E-state index in [1.165, 1.54) is 12.4 Å². The van der Waals surface area contributed by atoms with Crippen LogP contribution in [0.4, 0.5) is 11.6 Å². The van der Waals surface area contributed by atoms with Crippen LogP contribution in [0.15, 0.2) is 60.9 Å². The molecule has 132 valence electrons. The second kappa shape index (κ2) is 8.31. The molecule has 3 rings (SSSR count). The van der Waals surface area contributed by atoms with Crippen LogP contribution in [-0.2, 0) is 6.54 Å². The summed E-state index contributed by atoms with van der Waals surface area (Å²) < 4.78 is 5.11. The Morgan fingerprint density at radius 1 is 1.08 bits per heavy atom. The maximum atomic E-state index is 12.2. The lowest BCUT2D eigenvalue weighted by atomic mass is 10.2. The van der Waals surface area contributed by atoms with Crippen molar-refractivity contribution < 1.29 is 9.53 Å². The van der Waals surface area contributed by atoms with Crippen LogP contribution in [-0.4, -0.2) is 23.0 Å². The standard InChI is InChI=1S/C19H17ClN4O2/c1-26-15-8-6-13(7-9-15)10-21-18(25)14-11-22-19(23-12-14)24-17-5-3-2-4-16(17)20/h2-9,11-12H,10H2,1H3,(H,21,25)(H,22,23,24). The molecule has 3 aromatic rings. The highest BCUT2D eigenvalue weighted by Gasteiger charge is 2.08. The number of aromatic nitrogens is 2. The molecular weight excluding hydrogens is 352 g/mol. The number of hydrogen-bond acceptors (Lipinski definition) is 5. The van der Waals surface area contributed by atoms with Crippen LogP contribution in [0.5, 0.6) is 5.75 Å². The predicted octanol–water partition coefficient (Wildman–Crippen LogP) is 3.81. The lowest BCUT2D eigenvalue weighted by Crippen LogP contribution is -2.23. The molecule has 1 heterocycles. The van der Waals surface area contributed by atoms with Gasteiger partial charge in [-0.15, -0.1) is 0 Å². The number of hydrogen-bond donors (Lipinski definition) is 2. The molecule has 0 atom stereocenters. The lowest BCUT2D eigenvalue weighted by Gasteiger charge is -2.08. The van der Waals surface area contributed by atoms with Gasteiger partial charge in [0.1, 0.15) is 5.75 Å².